The number of rotatable bonds is 3. The van der Waals surface area contributed by atoms with Crippen molar-refractivity contribution in [1.82, 2.24) is 4.90 Å². The summed E-state index contributed by atoms with van der Waals surface area (Å²) in [6.45, 7) is 2.97. The van der Waals surface area contributed by atoms with Crippen molar-refractivity contribution in [2.45, 2.75) is 26.2 Å². The minimum Gasteiger partial charge on any atom is -0.399 e. The second-order valence-electron chi connectivity index (χ2n) is 5.79. The summed E-state index contributed by atoms with van der Waals surface area (Å²) in [7, 11) is 1.72. The average molecular weight is 289 g/mol. The molecule has 1 fully saturated rings. The first-order valence-electron chi connectivity index (χ1n) is 7.37. The maximum atomic E-state index is 12.3. The number of nitrogen functional groups attached to an aromatic ring is 1. The van der Waals surface area contributed by atoms with Crippen LogP contribution >= 0.6 is 0 Å². The number of anilines is 2. The lowest BCUT2D eigenvalue weighted by Crippen LogP contribution is -2.41. The minimum absolute atomic E-state index is 0.0809. The Morgan fingerprint density at radius 3 is 2.67 bits per heavy atom. The van der Waals surface area contributed by atoms with Crippen molar-refractivity contribution < 1.29 is 9.59 Å². The van der Waals surface area contributed by atoms with Crippen LogP contribution in [0.3, 0.4) is 0 Å². The number of nitrogens with zero attached hydrogens (tertiary/aromatic N) is 2. The number of likely N-dealkylation sites (N-methyl/N-ethyl adjacent to an activating group) is 1. The van der Waals surface area contributed by atoms with Gasteiger partial charge in [0.25, 0.3) is 0 Å². The summed E-state index contributed by atoms with van der Waals surface area (Å²) in [4.78, 5) is 27.6. The van der Waals surface area contributed by atoms with Crippen molar-refractivity contribution in [2.24, 2.45) is 5.92 Å². The van der Waals surface area contributed by atoms with E-state index in [1.807, 2.05) is 0 Å². The molecule has 1 heterocycles. The van der Waals surface area contributed by atoms with E-state index in [0.717, 1.165) is 18.5 Å². The normalized spacial score (nSPS) is 19.2. The van der Waals surface area contributed by atoms with Crippen LogP contribution in [0.4, 0.5) is 11.4 Å². The van der Waals surface area contributed by atoms with Crippen molar-refractivity contribution in [2.75, 3.05) is 30.8 Å². The SMILES string of the molecule is CC1CCC(=O)N(CC(=O)N(C)c2ccc(N)cc2)CC1. The number of likely N-dealkylation sites (tertiary alicyclic amines) is 1. The summed E-state index contributed by atoms with van der Waals surface area (Å²) in [5.41, 5.74) is 7.09. The zero-order valence-corrected chi connectivity index (χ0v) is 12.7. The Hall–Kier alpha value is -2.04. The summed E-state index contributed by atoms with van der Waals surface area (Å²) in [6.07, 6.45) is 2.42. The Labute approximate surface area is 125 Å². The first-order valence-corrected chi connectivity index (χ1v) is 7.37. The highest BCUT2D eigenvalue weighted by Crippen LogP contribution is 2.19. The van der Waals surface area contributed by atoms with E-state index >= 15 is 0 Å². The Morgan fingerprint density at radius 1 is 1.33 bits per heavy atom. The Bertz CT molecular complexity index is 513. The van der Waals surface area contributed by atoms with Gasteiger partial charge in [-0.15, -0.1) is 0 Å². The monoisotopic (exact) mass is 289 g/mol. The predicted octanol–water partition coefficient (Wildman–Crippen LogP) is 1.88. The predicted molar refractivity (Wildman–Crippen MR) is 83.9 cm³/mol. The molecule has 1 saturated heterocycles. The van der Waals surface area contributed by atoms with E-state index in [4.69, 9.17) is 5.73 Å². The molecular formula is C16H23N3O2. The molecule has 1 atom stereocenters. The van der Waals surface area contributed by atoms with Gasteiger partial charge in [-0.25, -0.2) is 0 Å². The zero-order valence-electron chi connectivity index (χ0n) is 12.7. The fraction of sp³-hybridized carbons (Fsp3) is 0.500. The van der Waals surface area contributed by atoms with E-state index in [-0.39, 0.29) is 18.4 Å². The van der Waals surface area contributed by atoms with Gasteiger partial charge in [0.15, 0.2) is 0 Å². The number of hydrogen-bond acceptors (Lipinski definition) is 3. The van der Waals surface area contributed by atoms with Gasteiger partial charge >= 0.3 is 0 Å². The fourth-order valence-corrected chi connectivity index (χ4v) is 2.45. The summed E-state index contributed by atoms with van der Waals surface area (Å²) < 4.78 is 0. The molecule has 5 nitrogen and oxygen atoms in total. The third-order valence-electron chi connectivity index (χ3n) is 4.08. The second-order valence-corrected chi connectivity index (χ2v) is 5.79. The number of hydrogen-bond donors (Lipinski definition) is 1. The Morgan fingerprint density at radius 2 is 2.00 bits per heavy atom. The van der Waals surface area contributed by atoms with E-state index in [1.54, 1.807) is 41.1 Å². The van der Waals surface area contributed by atoms with E-state index < -0.39 is 0 Å². The third-order valence-corrected chi connectivity index (χ3v) is 4.08. The standard InChI is InChI=1S/C16H23N3O2/c1-12-3-8-15(20)19(10-9-12)11-16(21)18(2)14-6-4-13(17)5-7-14/h4-7,12H,3,8-11,17H2,1-2H3. The zero-order chi connectivity index (χ0) is 15.4. The fourth-order valence-electron chi connectivity index (χ4n) is 2.45. The van der Waals surface area contributed by atoms with Gasteiger partial charge in [0.1, 0.15) is 6.54 Å². The lowest BCUT2D eigenvalue weighted by Gasteiger charge is -2.24. The van der Waals surface area contributed by atoms with E-state index in [0.29, 0.717) is 24.6 Å². The molecule has 2 N–H and O–H groups in total. The van der Waals surface area contributed by atoms with Crippen molar-refractivity contribution in [3.63, 3.8) is 0 Å². The number of benzene rings is 1. The van der Waals surface area contributed by atoms with E-state index in [2.05, 4.69) is 6.92 Å². The average Bonchev–Trinajstić information content (AvgIpc) is 2.63. The van der Waals surface area contributed by atoms with Crippen LogP contribution in [0, 0.1) is 5.92 Å². The molecule has 0 saturated carbocycles. The first kappa shape index (κ1) is 15.4. The minimum atomic E-state index is -0.0809. The van der Waals surface area contributed by atoms with Crippen LogP contribution in [0.1, 0.15) is 26.2 Å². The smallest absolute Gasteiger partial charge is 0.246 e. The molecule has 114 valence electrons. The summed E-state index contributed by atoms with van der Waals surface area (Å²) in [5, 5.41) is 0. The first-order chi connectivity index (χ1) is 9.97. The molecule has 0 radical (unpaired) electrons. The molecule has 0 spiro atoms. The van der Waals surface area contributed by atoms with Gasteiger partial charge in [0.05, 0.1) is 0 Å². The van der Waals surface area contributed by atoms with Crippen LogP contribution in [0.25, 0.3) is 0 Å². The molecule has 1 aliphatic heterocycles. The molecule has 1 aromatic rings. The van der Waals surface area contributed by atoms with Crippen LogP contribution in [-0.4, -0.2) is 36.9 Å². The molecule has 2 rings (SSSR count). The molecule has 0 aliphatic carbocycles. The summed E-state index contributed by atoms with van der Waals surface area (Å²) in [5.74, 6) is 0.546. The van der Waals surface area contributed by atoms with Crippen molar-refractivity contribution in [3.05, 3.63) is 24.3 Å². The van der Waals surface area contributed by atoms with Crippen LogP contribution < -0.4 is 10.6 Å². The van der Waals surface area contributed by atoms with E-state index in [1.165, 1.54) is 0 Å². The number of carbonyl (C=O) groups excluding carboxylic acids is 2. The maximum Gasteiger partial charge on any atom is 0.246 e. The molecule has 0 bridgehead atoms. The lowest BCUT2D eigenvalue weighted by atomic mass is 10.0. The van der Waals surface area contributed by atoms with Crippen molar-refractivity contribution in [3.8, 4) is 0 Å². The van der Waals surface area contributed by atoms with Gasteiger partial charge in [-0.1, -0.05) is 6.92 Å². The van der Waals surface area contributed by atoms with Gasteiger partial charge in [-0.2, -0.15) is 0 Å². The van der Waals surface area contributed by atoms with Gasteiger partial charge in [0.2, 0.25) is 11.8 Å². The molecular weight excluding hydrogens is 266 g/mol. The van der Waals surface area contributed by atoms with Crippen molar-refractivity contribution >= 4 is 23.2 Å². The second kappa shape index (κ2) is 6.61. The number of carbonyl (C=O) groups is 2. The molecule has 5 heteroatoms. The van der Waals surface area contributed by atoms with Crippen molar-refractivity contribution in [1.29, 1.82) is 0 Å². The number of nitrogens with two attached hydrogens (primary N) is 1. The van der Waals surface area contributed by atoms with Crippen LogP contribution in [0.2, 0.25) is 0 Å². The molecule has 0 aromatic heterocycles. The van der Waals surface area contributed by atoms with E-state index in [9.17, 15) is 9.59 Å². The van der Waals surface area contributed by atoms with Gasteiger partial charge in [0, 0.05) is 31.4 Å². The maximum absolute atomic E-state index is 12.3. The van der Waals surface area contributed by atoms with Crippen LogP contribution in [0.5, 0.6) is 0 Å². The number of amides is 2. The molecule has 1 aliphatic rings. The summed E-state index contributed by atoms with van der Waals surface area (Å²) in [6, 6.07) is 7.13. The van der Waals surface area contributed by atoms with Crippen LogP contribution in [0.15, 0.2) is 24.3 Å². The van der Waals surface area contributed by atoms with Gasteiger partial charge in [-0.3, -0.25) is 9.59 Å². The molecule has 21 heavy (non-hydrogen) atoms. The Kier molecular flexibility index (Phi) is 4.83. The molecule has 2 amide bonds. The quantitative estimate of drug-likeness (QED) is 0.864. The van der Waals surface area contributed by atoms with Gasteiger partial charge < -0.3 is 15.5 Å². The highest BCUT2D eigenvalue weighted by molar-refractivity contribution is 5.96. The topological polar surface area (TPSA) is 66.6 Å². The molecule has 1 unspecified atom stereocenters. The highest BCUT2D eigenvalue weighted by atomic mass is 16.2. The van der Waals surface area contributed by atoms with Gasteiger partial charge in [-0.05, 0) is 43.0 Å². The van der Waals surface area contributed by atoms with Crippen LogP contribution in [-0.2, 0) is 9.59 Å². The third kappa shape index (κ3) is 3.97. The summed E-state index contributed by atoms with van der Waals surface area (Å²) >= 11 is 0. The lowest BCUT2D eigenvalue weighted by molar-refractivity contribution is -0.134. The largest absolute Gasteiger partial charge is 0.399 e. The molecule has 1 aromatic carbocycles. The Balaban J connectivity index is 1.99. The highest BCUT2D eigenvalue weighted by Gasteiger charge is 2.23.